The Morgan fingerprint density at radius 3 is 2.63 bits per heavy atom. The van der Waals surface area contributed by atoms with Gasteiger partial charge in [0.2, 0.25) is 5.91 Å². The van der Waals surface area contributed by atoms with E-state index < -0.39 is 5.54 Å². The predicted molar refractivity (Wildman–Crippen MR) is 74.5 cm³/mol. The SMILES string of the molecule is CCC(CC#N)NC(=O)C1(Nc2ccccc2)CC1. The summed E-state index contributed by atoms with van der Waals surface area (Å²) in [7, 11) is 0. The third-order valence-electron chi connectivity index (χ3n) is 3.51. The van der Waals surface area contributed by atoms with E-state index in [4.69, 9.17) is 5.26 Å². The molecule has 1 unspecified atom stereocenters. The number of nitrogens with zero attached hydrogens (tertiary/aromatic N) is 1. The lowest BCUT2D eigenvalue weighted by Gasteiger charge is -2.21. The van der Waals surface area contributed by atoms with Crippen LogP contribution in [0, 0.1) is 11.3 Å². The lowest BCUT2D eigenvalue weighted by atomic mass is 10.1. The molecule has 1 saturated carbocycles. The fourth-order valence-electron chi connectivity index (χ4n) is 2.06. The number of nitriles is 1. The van der Waals surface area contributed by atoms with E-state index in [0.717, 1.165) is 24.9 Å². The van der Waals surface area contributed by atoms with Crippen LogP contribution in [0.15, 0.2) is 30.3 Å². The summed E-state index contributed by atoms with van der Waals surface area (Å²) < 4.78 is 0. The summed E-state index contributed by atoms with van der Waals surface area (Å²) in [6.07, 6.45) is 2.83. The van der Waals surface area contributed by atoms with Crippen LogP contribution in [0.25, 0.3) is 0 Å². The zero-order valence-electron chi connectivity index (χ0n) is 11.1. The molecule has 2 rings (SSSR count). The minimum absolute atomic E-state index is 0.0125. The number of nitrogens with one attached hydrogen (secondary N) is 2. The molecule has 1 aliphatic rings. The van der Waals surface area contributed by atoms with E-state index in [-0.39, 0.29) is 11.9 Å². The van der Waals surface area contributed by atoms with Crippen LogP contribution in [-0.2, 0) is 4.79 Å². The summed E-state index contributed by atoms with van der Waals surface area (Å²) >= 11 is 0. The molecule has 0 saturated heterocycles. The Morgan fingerprint density at radius 1 is 1.42 bits per heavy atom. The van der Waals surface area contributed by atoms with Crippen LogP contribution >= 0.6 is 0 Å². The van der Waals surface area contributed by atoms with Gasteiger partial charge in [-0.25, -0.2) is 0 Å². The van der Waals surface area contributed by atoms with Crippen molar-refractivity contribution in [2.24, 2.45) is 0 Å². The number of carbonyl (C=O) groups excluding carboxylic acids is 1. The average Bonchev–Trinajstić information content (AvgIpc) is 3.20. The second-order valence-electron chi connectivity index (χ2n) is 5.01. The molecule has 0 aromatic heterocycles. The smallest absolute Gasteiger partial charge is 0.245 e. The van der Waals surface area contributed by atoms with E-state index in [1.54, 1.807) is 0 Å². The van der Waals surface area contributed by atoms with E-state index in [9.17, 15) is 4.79 Å². The highest BCUT2D eigenvalue weighted by Crippen LogP contribution is 2.39. The number of para-hydroxylation sites is 1. The van der Waals surface area contributed by atoms with Gasteiger partial charge in [0.25, 0.3) is 0 Å². The van der Waals surface area contributed by atoms with Gasteiger partial charge >= 0.3 is 0 Å². The molecule has 0 aliphatic heterocycles. The van der Waals surface area contributed by atoms with Gasteiger partial charge in [-0.1, -0.05) is 25.1 Å². The Balaban J connectivity index is 1.97. The lowest BCUT2D eigenvalue weighted by molar-refractivity contribution is -0.123. The summed E-state index contributed by atoms with van der Waals surface area (Å²) in [5.74, 6) is 0.0125. The Bertz CT molecular complexity index is 474. The maximum atomic E-state index is 12.3. The molecule has 1 aliphatic carbocycles. The molecule has 1 atom stereocenters. The first-order chi connectivity index (χ1) is 9.20. The van der Waals surface area contributed by atoms with E-state index in [1.807, 2.05) is 37.3 Å². The molecular formula is C15H19N3O. The fraction of sp³-hybridized carbons (Fsp3) is 0.467. The Labute approximate surface area is 113 Å². The first kappa shape index (κ1) is 13.4. The molecule has 0 radical (unpaired) electrons. The van der Waals surface area contributed by atoms with Gasteiger partial charge in [0.15, 0.2) is 0 Å². The maximum Gasteiger partial charge on any atom is 0.245 e. The van der Waals surface area contributed by atoms with Crippen molar-refractivity contribution in [3.05, 3.63) is 30.3 Å². The van der Waals surface area contributed by atoms with E-state index in [1.165, 1.54) is 0 Å². The van der Waals surface area contributed by atoms with Crippen molar-refractivity contribution in [1.29, 1.82) is 5.26 Å². The van der Waals surface area contributed by atoms with Gasteiger partial charge in [-0.3, -0.25) is 4.79 Å². The number of carbonyl (C=O) groups is 1. The van der Waals surface area contributed by atoms with Gasteiger partial charge < -0.3 is 10.6 Å². The zero-order valence-corrected chi connectivity index (χ0v) is 11.1. The van der Waals surface area contributed by atoms with Crippen LogP contribution in [-0.4, -0.2) is 17.5 Å². The zero-order chi connectivity index (χ0) is 13.7. The number of amides is 1. The van der Waals surface area contributed by atoms with Gasteiger partial charge in [-0.15, -0.1) is 0 Å². The molecule has 1 fully saturated rings. The molecule has 0 bridgehead atoms. The molecule has 1 amide bonds. The van der Waals surface area contributed by atoms with Crippen LogP contribution in [0.3, 0.4) is 0 Å². The monoisotopic (exact) mass is 257 g/mol. The largest absolute Gasteiger partial charge is 0.371 e. The van der Waals surface area contributed by atoms with Crippen LogP contribution in [0.4, 0.5) is 5.69 Å². The van der Waals surface area contributed by atoms with Gasteiger partial charge in [-0.2, -0.15) is 5.26 Å². The Kier molecular flexibility index (Phi) is 4.06. The second kappa shape index (κ2) is 5.75. The molecule has 0 heterocycles. The van der Waals surface area contributed by atoms with Crippen molar-refractivity contribution in [3.63, 3.8) is 0 Å². The quantitative estimate of drug-likeness (QED) is 0.822. The molecular weight excluding hydrogens is 238 g/mol. The predicted octanol–water partition coefficient (Wildman–Crippen LogP) is 2.44. The van der Waals surface area contributed by atoms with Crippen LogP contribution in [0.2, 0.25) is 0 Å². The van der Waals surface area contributed by atoms with E-state index in [2.05, 4.69) is 16.7 Å². The van der Waals surface area contributed by atoms with Crippen LogP contribution < -0.4 is 10.6 Å². The van der Waals surface area contributed by atoms with Crippen molar-refractivity contribution < 1.29 is 4.79 Å². The standard InChI is InChI=1S/C15H19N3O/c1-2-12(8-11-16)17-14(19)15(9-10-15)18-13-6-4-3-5-7-13/h3-7,12,18H,2,8-10H2,1H3,(H,17,19). The van der Waals surface area contributed by atoms with Crippen molar-refractivity contribution in [2.45, 2.75) is 44.2 Å². The molecule has 0 spiro atoms. The van der Waals surface area contributed by atoms with Crippen molar-refractivity contribution in [2.75, 3.05) is 5.32 Å². The Morgan fingerprint density at radius 2 is 2.11 bits per heavy atom. The number of anilines is 1. The highest BCUT2D eigenvalue weighted by Gasteiger charge is 2.50. The van der Waals surface area contributed by atoms with Crippen LogP contribution in [0.1, 0.15) is 32.6 Å². The minimum Gasteiger partial charge on any atom is -0.371 e. The molecule has 100 valence electrons. The van der Waals surface area contributed by atoms with Crippen molar-refractivity contribution in [1.82, 2.24) is 5.32 Å². The Hall–Kier alpha value is -2.02. The van der Waals surface area contributed by atoms with Gasteiger partial charge in [0, 0.05) is 11.7 Å². The highest BCUT2D eigenvalue weighted by molar-refractivity contribution is 5.92. The summed E-state index contributed by atoms with van der Waals surface area (Å²) in [5, 5.41) is 15.0. The normalized spacial score (nSPS) is 17.1. The van der Waals surface area contributed by atoms with E-state index >= 15 is 0 Å². The molecule has 4 heteroatoms. The summed E-state index contributed by atoms with van der Waals surface area (Å²) in [6.45, 7) is 1.98. The molecule has 2 N–H and O–H groups in total. The van der Waals surface area contributed by atoms with Gasteiger partial charge in [0.05, 0.1) is 12.5 Å². The van der Waals surface area contributed by atoms with Crippen molar-refractivity contribution in [3.8, 4) is 6.07 Å². The summed E-state index contributed by atoms with van der Waals surface area (Å²) in [6, 6.07) is 11.8. The number of hydrogen-bond donors (Lipinski definition) is 2. The molecule has 4 nitrogen and oxygen atoms in total. The minimum atomic E-state index is -0.468. The number of benzene rings is 1. The van der Waals surface area contributed by atoms with Crippen LogP contribution in [0.5, 0.6) is 0 Å². The fourth-order valence-corrected chi connectivity index (χ4v) is 2.06. The summed E-state index contributed by atoms with van der Waals surface area (Å²) in [4.78, 5) is 12.3. The topological polar surface area (TPSA) is 64.9 Å². The second-order valence-corrected chi connectivity index (χ2v) is 5.01. The van der Waals surface area contributed by atoms with Gasteiger partial charge in [0.1, 0.15) is 5.54 Å². The number of rotatable bonds is 6. The lowest BCUT2D eigenvalue weighted by Crippen LogP contribution is -2.46. The third kappa shape index (κ3) is 3.25. The maximum absolute atomic E-state index is 12.3. The molecule has 1 aromatic carbocycles. The third-order valence-corrected chi connectivity index (χ3v) is 3.51. The van der Waals surface area contributed by atoms with E-state index in [0.29, 0.717) is 6.42 Å². The molecule has 19 heavy (non-hydrogen) atoms. The molecule has 1 aromatic rings. The van der Waals surface area contributed by atoms with Crippen molar-refractivity contribution >= 4 is 11.6 Å². The summed E-state index contributed by atoms with van der Waals surface area (Å²) in [5.41, 5.74) is 0.494. The average molecular weight is 257 g/mol. The first-order valence-electron chi connectivity index (χ1n) is 6.71. The highest BCUT2D eigenvalue weighted by atomic mass is 16.2. The first-order valence-corrected chi connectivity index (χ1v) is 6.71. The number of hydrogen-bond acceptors (Lipinski definition) is 3. The van der Waals surface area contributed by atoms with Gasteiger partial charge in [-0.05, 0) is 31.4 Å².